The van der Waals surface area contributed by atoms with Crippen LogP contribution in [0.25, 0.3) is 0 Å². The first-order valence-corrected chi connectivity index (χ1v) is 6.65. The van der Waals surface area contributed by atoms with Gasteiger partial charge in [-0.3, -0.25) is 0 Å². The van der Waals surface area contributed by atoms with Crippen molar-refractivity contribution in [1.29, 1.82) is 0 Å². The van der Waals surface area contributed by atoms with Gasteiger partial charge >= 0.3 is 0 Å². The Hall–Kier alpha value is -1.09. The smallest absolute Gasteiger partial charge is 0.128 e. The average Bonchev–Trinajstić information content (AvgIpc) is 2.26. The van der Waals surface area contributed by atoms with Gasteiger partial charge in [-0.25, -0.2) is 4.98 Å². The molecule has 18 heavy (non-hydrogen) atoms. The summed E-state index contributed by atoms with van der Waals surface area (Å²) in [4.78, 5) is 6.77. The van der Waals surface area contributed by atoms with Crippen LogP contribution in [0.5, 0.6) is 0 Å². The normalized spacial score (nSPS) is 15.3. The number of aromatic nitrogens is 1. The summed E-state index contributed by atoms with van der Waals surface area (Å²) in [6.45, 7) is 11.0. The molecule has 2 atom stereocenters. The zero-order valence-electron chi connectivity index (χ0n) is 12.6. The maximum atomic E-state index is 5.79. The number of hydrogen-bond donors (Lipinski definition) is 1. The molecule has 0 bridgehead atoms. The molecule has 0 aliphatic rings. The van der Waals surface area contributed by atoms with Crippen LogP contribution in [-0.2, 0) is 6.42 Å². The highest BCUT2D eigenvalue weighted by atomic mass is 15.2. The van der Waals surface area contributed by atoms with Crippen molar-refractivity contribution in [3.05, 3.63) is 23.9 Å². The Kier molecular flexibility index (Phi) is 4.74. The molecule has 0 aliphatic carbocycles. The van der Waals surface area contributed by atoms with Crippen LogP contribution in [0.15, 0.2) is 18.3 Å². The van der Waals surface area contributed by atoms with Gasteiger partial charge in [0.25, 0.3) is 0 Å². The lowest BCUT2D eigenvalue weighted by atomic mass is 9.87. The Balaban J connectivity index is 2.79. The topological polar surface area (TPSA) is 42.1 Å². The molecule has 2 unspecified atom stereocenters. The summed E-state index contributed by atoms with van der Waals surface area (Å²) in [7, 11) is 2.10. The first-order valence-electron chi connectivity index (χ1n) is 6.65. The minimum absolute atomic E-state index is 0.184. The van der Waals surface area contributed by atoms with E-state index in [0.717, 1.165) is 12.2 Å². The molecule has 0 radical (unpaired) electrons. The van der Waals surface area contributed by atoms with Crippen LogP contribution in [0, 0.1) is 5.41 Å². The number of rotatable bonds is 4. The van der Waals surface area contributed by atoms with Gasteiger partial charge in [-0.15, -0.1) is 0 Å². The van der Waals surface area contributed by atoms with E-state index in [2.05, 4.69) is 56.8 Å². The van der Waals surface area contributed by atoms with Crippen LogP contribution in [-0.4, -0.2) is 24.1 Å². The Bertz CT molecular complexity index is 362. The minimum Gasteiger partial charge on any atom is -0.356 e. The van der Waals surface area contributed by atoms with Crippen molar-refractivity contribution in [3.8, 4) is 0 Å². The van der Waals surface area contributed by atoms with Gasteiger partial charge in [0.1, 0.15) is 5.82 Å². The van der Waals surface area contributed by atoms with Crippen LogP contribution in [0.1, 0.15) is 40.2 Å². The molecule has 0 aromatic carbocycles. The molecule has 0 saturated heterocycles. The van der Waals surface area contributed by atoms with E-state index in [1.165, 1.54) is 5.56 Å². The fourth-order valence-corrected chi connectivity index (χ4v) is 1.90. The van der Waals surface area contributed by atoms with Gasteiger partial charge in [0.15, 0.2) is 0 Å². The fraction of sp³-hybridized carbons (Fsp3) is 0.667. The third-order valence-corrected chi connectivity index (χ3v) is 3.56. The molecule has 0 fully saturated rings. The van der Waals surface area contributed by atoms with Gasteiger partial charge in [0.05, 0.1) is 0 Å². The predicted octanol–water partition coefficient (Wildman–Crippen LogP) is 2.84. The molecule has 0 spiro atoms. The minimum atomic E-state index is 0.184. The van der Waals surface area contributed by atoms with Crippen molar-refractivity contribution < 1.29 is 0 Å². The number of nitrogens with zero attached hydrogens (tertiary/aromatic N) is 2. The largest absolute Gasteiger partial charge is 0.356 e. The SMILES string of the molecule is CC(N)Cc1ccc(N(C)C(C)C(C)(C)C)nc1. The first-order chi connectivity index (χ1) is 8.21. The second-order valence-electron chi connectivity index (χ2n) is 6.36. The summed E-state index contributed by atoms with van der Waals surface area (Å²) in [6, 6.07) is 4.82. The molecule has 2 N–H and O–H groups in total. The Morgan fingerprint density at radius 3 is 2.28 bits per heavy atom. The number of pyridine rings is 1. The second-order valence-corrected chi connectivity index (χ2v) is 6.36. The quantitative estimate of drug-likeness (QED) is 0.892. The van der Waals surface area contributed by atoms with E-state index in [1.807, 2.05) is 13.1 Å². The first kappa shape index (κ1) is 15.0. The van der Waals surface area contributed by atoms with Crippen molar-refractivity contribution in [2.24, 2.45) is 11.1 Å². The molecule has 3 heteroatoms. The van der Waals surface area contributed by atoms with Gasteiger partial charge in [0, 0.05) is 25.3 Å². The Labute approximate surface area is 111 Å². The summed E-state index contributed by atoms with van der Waals surface area (Å²) in [5, 5.41) is 0. The molecule has 1 aromatic heterocycles. The maximum absolute atomic E-state index is 5.79. The highest BCUT2D eigenvalue weighted by Crippen LogP contribution is 2.26. The van der Waals surface area contributed by atoms with E-state index in [9.17, 15) is 0 Å². The van der Waals surface area contributed by atoms with Crippen molar-refractivity contribution >= 4 is 5.82 Å². The molecule has 0 aliphatic heterocycles. The molecule has 102 valence electrons. The zero-order valence-corrected chi connectivity index (χ0v) is 12.6. The van der Waals surface area contributed by atoms with Gasteiger partial charge in [-0.2, -0.15) is 0 Å². The van der Waals surface area contributed by atoms with E-state index in [4.69, 9.17) is 5.73 Å². The van der Waals surface area contributed by atoms with Crippen molar-refractivity contribution in [2.75, 3.05) is 11.9 Å². The summed E-state index contributed by atoms with van der Waals surface area (Å²) >= 11 is 0. The third kappa shape index (κ3) is 3.98. The van der Waals surface area contributed by atoms with Crippen LogP contribution >= 0.6 is 0 Å². The lowest BCUT2D eigenvalue weighted by Gasteiger charge is -2.36. The van der Waals surface area contributed by atoms with E-state index in [1.54, 1.807) is 0 Å². The van der Waals surface area contributed by atoms with E-state index < -0.39 is 0 Å². The highest BCUT2D eigenvalue weighted by molar-refractivity contribution is 5.40. The summed E-state index contributed by atoms with van der Waals surface area (Å²) in [5.74, 6) is 1.02. The zero-order chi connectivity index (χ0) is 13.9. The molecule has 0 saturated carbocycles. The lowest BCUT2D eigenvalue weighted by Crippen LogP contribution is -2.39. The van der Waals surface area contributed by atoms with Gasteiger partial charge < -0.3 is 10.6 Å². The molecule has 3 nitrogen and oxygen atoms in total. The summed E-state index contributed by atoms with van der Waals surface area (Å²) in [5.41, 5.74) is 7.23. The average molecular weight is 249 g/mol. The third-order valence-electron chi connectivity index (χ3n) is 3.56. The number of nitrogens with two attached hydrogens (primary N) is 1. The van der Waals surface area contributed by atoms with Crippen LogP contribution < -0.4 is 10.6 Å². The fourth-order valence-electron chi connectivity index (χ4n) is 1.90. The van der Waals surface area contributed by atoms with E-state index >= 15 is 0 Å². The van der Waals surface area contributed by atoms with Crippen molar-refractivity contribution in [2.45, 2.75) is 53.1 Å². The van der Waals surface area contributed by atoms with Gasteiger partial charge in [0.2, 0.25) is 0 Å². The lowest BCUT2D eigenvalue weighted by molar-refractivity contribution is 0.328. The van der Waals surface area contributed by atoms with Crippen LogP contribution in [0.4, 0.5) is 5.82 Å². The predicted molar refractivity (Wildman–Crippen MR) is 78.9 cm³/mol. The standard InChI is InChI=1S/C15H27N3/c1-11(16)9-13-7-8-14(17-10-13)18(6)12(2)15(3,4)5/h7-8,10-12H,9,16H2,1-6H3. The van der Waals surface area contributed by atoms with Gasteiger partial charge in [-0.05, 0) is 37.3 Å². The maximum Gasteiger partial charge on any atom is 0.128 e. The molecule has 0 amide bonds. The summed E-state index contributed by atoms with van der Waals surface area (Å²) < 4.78 is 0. The van der Waals surface area contributed by atoms with E-state index in [-0.39, 0.29) is 11.5 Å². The van der Waals surface area contributed by atoms with Gasteiger partial charge in [-0.1, -0.05) is 26.8 Å². The number of anilines is 1. The van der Waals surface area contributed by atoms with Crippen molar-refractivity contribution in [3.63, 3.8) is 0 Å². The van der Waals surface area contributed by atoms with Crippen LogP contribution in [0.3, 0.4) is 0 Å². The van der Waals surface area contributed by atoms with Crippen LogP contribution in [0.2, 0.25) is 0 Å². The summed E-state index contributed by atoms with van der Waals surface area (Å²) in [6.07, 6.45) is 2.82. The molecule has 1 rings (SSSR count). The Morgan fingerprint density at radius 2 is 1.89 bits per heavy atom. The second kappa shape index (κ2) is 5.70. The number of hydrogen-bond acceptors (Lipinski definition) is 3. The molecule has 1 aromatic rings. The van der Waals surface area contributed by atoms with Crippen molar-refractivity contribution in [1.82, 2.24) is 4.98 Å². The Morgan fingerprint density at radius 1 is 1.28 bits per heavy atom. The monoisotopic (exact) mass is 249 g/mol. The molecule has 1 heterocycles. The highest BCUT2D eigenvalue weighted by Gasteiger charge is 2.24. The molecular weight excluding hydrogens is 222 g/mol. The van der Waals surface area contributed by atoms with E-state index in [0.29, 0.717) is 6.04 Å². The molecular formula is C15H27N3.